The van der Waals surface area contributed by atoms with Gasteiger partial charge in [-0.3, -0.25) is 4.68 Å². The summed E-state index contributed by atoms with van der Waals surface area (Å²) in [6.07, 6.45) is 5.07. The Bertz CT molecular complexity index is 446. The summed E-state index contributed by atoms with van der Waals surface area (Å²) in [7, 11) is 0. The first-order chi connectivity index (χ1) is 7.27. The summed E-state index contributed by atoms with van der Waals surface area (Å²) in [5, 5.41) is 16.3. The van der Waals surface area contributed by atoms with Gasteiger partial charge in [-0.1, -0.05) is 5.21 Å². The van der Waals surface area contributed by atoms with Crippen molar-refractivity contribution in [3.05, 3.63) is 36.4 Å². The molecular formula is C9H10N4O2. The Kier molecular flexibility index (Phi) is 2.49. The highest BCUT2D eigenvalue weighted by molar-refractivity contribution is 5.85. The Balaban J connectivity index is 2.05. The van der Waals surface area contributed by atoms with Gasteiger partial charge in [-0.15, -0.1) is 5.10 Å². The maximum absolute atomic E-state index is 10.8. The average Bonchev–Trinajstić information content (AvgIpc) is 2.86. The third kappa shape index (κ3) is 2.04. The minimum Gasteiger partial charge on any atom is -0.477 e. The highest BCUT2D eigenvalue weighted by Gasteiger charge is 2.07. The minimum atomic E-state index is -0.918. The summed E-state index contributed by atoms with van der Waals surface area (Å²) >= 11 is 0. The van der Waals surface area contributed by atoms with Crippen molar-refractivity contribution in [1.29, 1.82) is 0 Å². The molecule has 78 valence electrons. The summed E-state index contributed by atoms with van der Waals surface area (Å²) in [6, 6.07) is 3.29. The van der Waals surface area contributed by atoms with E-state index in [9.17, 15) is 4.79 Å². The molecule has 0 aromatic carbocycles. The summed E-state index contributed by atoms with van der Waals surface area (Å²) in [5.41, 5.74) is 0.287. The molecule has 0 aliphatic carbocycles. The second kappa shape index (κ2) is 3.95. The molecule has 2 aromatic heterocycles. The Labute approximate surface area is 85.8 Å². The van der Waals surface area contributed by atoms with Gasteiger partial charge in [0.05, 0.1) is 12.7 Å². The molecular weight excluding hydrogens is 196 g/mol. The molecule has 0 unspecified atom stereocenters. The van der Waals surface area contributed by atoms with Crippen molar-refractivity contribution in [2.24, 2.45) is 0 Å². The fraction of sp³-hybridized carbons (Fsp3) is 0.222. The molecule has 0 bridgehead atoms. The van der Waals surface area contributed by atoms with Crippen LogP contribution in [0.3, 0.4) is 0 Å². The van der Waals surface area contributed by atoms with Crippen LogP contribution in [-0.4, -0.2) is 30.6 Å². The van der Waals surface area contributed by atoms with Gasteiger partial charge in [0.25, 0.3) is 0 Å². The van der Waals surface area contributed by atoms with Crippen molar-refractivity contribution < 1.29 is 9.90 Å². The monoisotopic (exact) mass is 206 g/mol. The standard InChI is InChI=1S/C9H10N4O2/c14-9(15)8-2-1-4-12(8)6-7-13-5-3-10-11-13/h1-5H,6-7H2,(H,14,15). The van der Waals surface area contributed by atoms with Crippen molar-refractivity contribution in [2.75, 3.05) is 0 Å². The van der Waals surface area contributed by atoms with Crippen molar-refractivity contribution in [2.45, 2.75) is 13.1 Å². The van der Waals surface area contributed by atoms with E-state index in [1.54, 1.807) is 40.0 Å². The second-order valence-electron chi connectivity index (χ2n) is 3.06. The van der Waals surface area contributed by atoms with Crippen LogP contribution in [0.25, 0.3) is 0 Å². The zero-order valence-electron chi connectivity index (χ0n) is 7.95. The first kappa shape index (κ1) is 9.45. The van der Waals surface area contributed by atoms with Crippen molar-refractivity contribution in [1.82, 2.24) is 19.6 Å². The third-order valence-corrected chi connectivity index (χ3v) is 2.09. The van der Waals surface area contributed by atoms with Gasteiger partial charge < -0.3 is 9.67 Å². The highest BCUT2D eigenvalue weighted by Crippen LogP contribution is 2.02. The lowest BCUT2D eigenvalue weighted by Crippen LogP contribution is -2.12. The fourth-order valence-corrected chi connectivity index (χ4v) is 1.37. The quantitative estimate of drug-likeness (QED) is 0.789. The van der Waals surface area contributed by atoms with Crippen LogP contribution in [0, 0.1) is 0 Å². The maximum atomic E-state index is 10.8. The second-order valence-corrected chi connectivity index (χ2v) is 3.06. The van der Waals surface area contributed by atoms with Crippen LogP contribution in [-0.2, 0) is 13.1 Å². The number of carbonyl (C=O) groups is 1. The molecule has 0 saturated carbocycles. The fourth-order valence-electron chi connectivity index (χ4n) is 1.37. The number of carboxylic acids is 1. The molecule has 0 fully saturated rings. The van der Waals surface area contributed by atoms with Crippen LogP contribution >= 0.6 is 0 Å². The summed E-state index contributed by atoms with van der Waals surface area (Å²) in [6.45, 7) is 1.17. The topological polar surface area (TPSA) is 72.9 Å². The van der Waals surface area contributed by atoms with E-state index in [2.05, 4.69) is 10.3 Å². The van der Waals surface area contributed by atoms with Gasteiger partial charge >= 0.3 is 5.97 Å². The molecule has 6 heteroatoms. The zero-order chi connectivity index (χ0) is 10.7. The zero-order valence-corrected chi connectivity index (χ0v) is 7.95. The number of aryl methyl sites for hydroxylation is 2. The van der Waals surface area contributed by atoms with E-state index < -0.39 is 5.97 Å². The van der Waals surface area contributed by atoms with E-state index >= 15 is 0 Å². The lowest BCUT2D eigenvalue weighted by molar-refractivity contribution is 0.0684. The molecule has 2 aromatic rings. The maximum Gasteiger partial charge on any atom is 0.352 e. The van der Waals surface area contributed by atoms with Gasteiger partial charge in [0, 0.05) is 18.9 Å². The van der Waals surface area contributed by atoms with E-state index in [0.717, 1.165) is 0 Å². The molecule has 0 radical (unpaired) electrons. The Morgan fingerprint density at radius 2 is 2.27 bits per heavy atom. The third-order valence-electron chi connectivity index (χ3n) is 2.09. The number of aromatic nitrogens is 4. The predicted octanol–water partition coefficient (Wildman–Crippen LogP) is 0.478. The number of carboxylic acid groups (broad SMARTS) is 1. The van der Waals surface area contributed by atoms with Crippen LogP contribution in [0.5, 0.6) is 0 Å². The largest absolute Gasteiger partial charge is 0.477 e. The minimum absolute atomic E-state index is 0.287. The molecule has 0 atom stereocenters. The summed E-state index contributed by atoms with van der Waals surface area (Å²) in [4.78, 5) is 10.8. The van der Waals surface area contributed by atoms with E-state index in [1.807, 2.05) is 0 Å². The lowest BCUT2D eigenvalue weighted by Gasteiger charge is -2.05. The molecule has 0 spiro atoms. The van der Waals surface area contributed by atoms with E-state index in [1.165, 1.54) is 0 Å². The SMILES string of the molecule is O=C(O)c1cccn1CCn1ccnn1. The van der Waals surface area contributed by atoms with Crippen LogP contribution in [0.4, 0.5) is 0 Å². The van der Waals surface area contributed by atoms with Crippen LogP contribution < -0.4 is 0 Å². The molecule has 1 N–H and O–H groups in total. The molecule has 2 heterocycles. The molecule has 6 nitrogen and oxygen atoms in total. The average molecular weight is 206 g/mol. The Morgan fingerprint density at radius 3 is 2.93 bits per heavy atom. The summed E-state index contributed by atoms with van der Waals surface area (Å²) in [5.74, 6) is -0.918. The Morgan fingerprint density at radius 1 is 1.40 bits per heavy atom. The van der Waals surface area contributed by atoms with Gasteiger partial charge in [0.15, 0.2) is 0 Å². The normalized spacial score (nSPS) is 10.4. The van der Waals surface area contributed by atoms with Crippen molar-refractivity contribution >= 4 is 5.97 Å². The lowest BCUT2D eigenvalue weighted by atomic mass is 10.4. The number of rotatable bonds is 4. The van der Waals surface area contributed by atoms with E-state index in [-0.39, 0.29) is 5.69 Å². The summed E-state index contributed by atoms with van der Waals surface area (Å²) < 4.78 is 3.33. The van der Waals surface area contributed by atoms with Crippen molar-refractivity contribution in [3.8, 4) is 0 Å². The number of aromatic carboxylic acids is 1. The molecule has 0 aliphatic rings. The van der Waals surface area contributed by atoms with Gasteiger partial charge in [-0.25, -0.2) is 4.79 Å². The van der Waals surface area contributed by atoms with E-state index in [4.69, 9.17) is 5.11 Å². The Hall–Kier alpha value is -2.11. The van der Waals surface area contributed by atoms with Crippen LogP contribution in [0.15, 0.2) is 30.7 Å². The van der Waals surface area contributed by atoms with Gasteiger partial charge in [-0.05, 0) is 12.1 Å². The smallest absolute Gasteiger partial charge is 0.352 e. The highest BCUT2D eigenvalue weighted by atomic mass is 16.4. The molecule has 2 rings (SSSR count). The van der Waals surface area contributed by atoms with E-state index in [0.29, 0.717) is 13.1 Å². The first-order valence-electron chi connectivity index (χ1n) is 4.50. The number of hydrogen-bond donors (Lipinski definition) is 1. The van der Waals surface area contributed by atoms with Gasteiger partial charge in [-0.2, -0.15) is 0 Å². The molecule has 0 aliphatic heterocycles. The van der Waals surface area contributed by atoms with Crippen LogP contribution in [0.1, 0.15) is 10.5 Å². The first-order valence-corrected chi connectivity index (χ1v) is 4.50. The number of nitrogens with zero attached hydrogens (tertiary/aromatic N) is 4. The van der Waals surface area contributed by atoms with Gasteiger partial charge in [0.2, 0.25) is 0 Å². The van der Waals surface area contributed by atoms with Gasteiger partial charge in [0.1, 0.15) is 5.69 Å². The number of hydrogen-bond acceptors (Lipinski definition) is 3. The predicted molar refractivity (Wildman–Crippen MR) is 51.4 cm³/mol. The molecule has 15 heavy (non-hydrogen) atoms. The van der Waals surface area contributed by atoms with Crippen molar-refractivity contribution in [3.63, 3.8) is 0 Å². The molecule has 0 saturated heterocycles. The van der Waals surface area contributed by atoms with Crippen LogP contribution in [0.2, 0.25) is 0 Å². The molecule has 0 amide bonds.